The fourth-order valence-corrected chi connectivity index (χ4v) is 6.75. The van der Waals surface area contributed by atoms with E-state index in [4.69, 9.17) is 16.3 Å². The number of carboxylic acids is 1. The predicted molar refractivity (Wildman–Crippen MR) is 115 cm³/mol. The number of methoxy groups -OCH3 is 1. The summed E-state index contributed by atoms with van der Waals surface area (Å²) in [7, 11) is -2.42. The zero-order valence-electron chi connectivity index (χ0n) is 16.3. The van der Waals surface area contributed by atoms with Gasteiger partial charge in [-0.25, -0.2) is 8.42 Å². The minimum Gasteiger partial charge on any atom is -0.496 e. The SMILES string of the molecule is COc1ccc(Cl)cc1-c1ccc(S(=O)(=O)N2CCSC(C)(C)C2C(=O)O)cc1. The molecule has 1 atom stereocenters. The maximum Gasteiger partial charge on any atom is 0.323 e. The fraction of sp³-hybridized carbons (Fsp3) is 0.350. The van der Waals surface area contributed by atoms with Crippen LogP contribution in [0.5, 0.6) is 5.75 Å². The molecule has 1 aliphatic rings. The van der Waals surface area contributed by atoms with Gasteiger partial charge in [0.1, 0.15) is 11.8 Å². The van der Waals surface area contributed by atoms with Crippen LogP contribution < -0.4 is 4.74 Å². The monoisotopic (exact) mass is 455 g/mol. The highest BCUT2D eigenvalue weighted by Gasteiger charge is 2.48. The van der Waals surface area contributed by atoms with Crippen molar-refractivity contribution < 1.29 is 23.1 Å². The molecule has 0 spiro atoms. The number of rotatable bonds is 5. The first-order valence-electron chi connectivity index (χ1n) is 8.90. The highest BCUT2D eigenvalue weighted by atomic mass is 35.5. The number of carboxylic acid groups (broad SMARTS) is 1. The molecule has 1 unspecified atom stereocenters. The van der Waals surface area contributed by atoms with Gasteiger partial charge in [0.2, 0.25) is 10.0 Å². The topological polar surface area (TPSA) is 83.9 Å². The molecule has 6 nitrogen and oxygen atoms in total. The molecule has 1 aliphatic heterocycles. The van der Waals surface area contributed by atoms with E-state index in [2.05, 4.69) is 0 Å². The van der Waals surface area contributed by atoms with E-state index in [1.54, 1.807) is 51.3 Å². The standard InChI is InChI=1S/C20H22ClNO5S2/c1-20(2)18(19(23)24)22(10-11-28-20)29(25,26)15-7-4-13(5-8-15)16-12-14(21)6-9-17(16)27-3/h4-9,12,18H,10-11H2,1-3H3,(H,23,24). The van der Waals surface area contributed by atoms with Crippen molar-refractivity contribution in [1.29, 1.82) is 0 Å². The molecule has 156 valence electrons. The second-order valence-corrected chi connectivity index (χ2v) is 11.3. The average Bonchev–Trinajstić information content (AvgIpc) is 2.66. The van der Waals surface area contributed by atoms with Crippen LogP contribution in [0.1, 0.15) is 13.8 Å². The lowest BCUT2D eigenvalue weighted by Crippen LogP contribution is -2.58. The number of hydrogen-bond donors (Lipinski definition) is 1. The van der Waals surface area contributed by atoms with Gasteiger partial charge in [0, 0.05) is 27.6 Å². The first-order valence-corrected chi connectivity index (χ1v) is 11.7. The van der Waals surface area contributed by atoms with E-state index in [0.29, 0.717) is 16.5 Å². The third-order valence-electron chi connectivity index (χ3n) is 4.90. The smallest absolute Gasteiger partial charge is 0.323 e. The Bertz CT molecular complexity index is 1020. The minimum absolute atomic E-state index is 0.0520. The van der Waals surface area contributed by atoms with E-state index < -0.39 is 26.8 Å². The molecule has 0 bridgehead atoms. The molecule has 1 saturated heterocycles. The van der Waals surface area contributed by atoms with E-state index in [1.807, 2.05) is 0 Å². The zero-order chi connectivity index (χ0) is 21.4. The van der Waals surface area contributed by atoms with Crippen molar-refractivity contribution in [3.8, 4) is 16.9 Å². The van der Waals surface area contributed by atoms with Crippen molar-refractivity contribution in [2.45, 2.75) is 29.5 Å². The highest BCUT2D eigenvalue weighted by Crippen LogP contribution is 2.39. The van der Waals surface area contributed by atoms with Crippen LogP contribution in [0.15, 0.2) is 47.4 Å². The Morgan fingerprint density at radius 1 is 1.24 bits per heavy atom. The van der Waals surface area contributed by atoms with Gasteiger partial charge in [-0.1, -0.05) is 23.7 Å². The summed E-state index contributed by atoms with van der Waals surface area (Å²) in [4.78, 5) is 11.9. The zero-order valence-corrected chi connectivity index (χ0v) is 18.6. The van der Waals surface area contributed by atoms with Gasteiger partial charge in [-0.3, -0.25) is 4.79 Å². The maximum absolute atomic E-state index is 13.2. The average molecular weight is 456 g/mol. The van der Waals surface area contributed by atoms with Gasteiger partial charge >= 0.3 is 5.97 Å². The number of aliphatic carboxylic acids is 1. The summed E-state index contributed by atoms with van der Waals surface area (Å²) in [6.45, 7) is 3.66. The first-order chi connectivity index (χ1) is 13.6. The summed E-state index contributed by atoms with van der Waals surface area (Å²) in [6.07, 6.45) is 0. The molecule has 0 saturated carbocycles. The van der Waals surface area contributed by atoms with E-state index in [0.717, 1.165) is 15.4 Å². The third kappa shape index (κ3) is 4.26. The fourth-order valence-electron chi connectivity index (χ4n) is 3.48. The lowest BCUT2D eigenvalue weighted by molar-refractivity contribution is -0.142. The minimum atomic E-state index is -3.97. The Morgan fingerprint density at radius 3 is 2.48 bits per heavy atom. The van der Waals surface area contributed by atoms with Crippen molar-refractivity contribution in [1.82, 2.24) is 4.31 Å². The molecule has 0 radical (unpaired) electrons. The number of thioether (sulfide) groups is 1. The van der Waals surface area contributed by atoms with E-state index in [9.17, 15) is 18.3 Å². The summed E-state index contributed by atoms with van der Waals surface area (Å²) < 4.78 is 32.2. The third-order valence-corrected chi connectivity index (χ3v) is 8.37. The molecule has 1 fully saturated rings. The van der Waals surface area contributed by atoms with Crippen molar-refractivity contribution in [2.75, 3.05) is 19.4 Å². The van der Waals surface area contributed by atoms with Crippen LogP contribution in [0.3, 0.4) is 0 Å². The number of sulfonamides is 1. The van der Waals surface area contributed by atoms with Crippen LogP contribution in [0.2, 0.25) is 5.02 Å². The summed E-state index contributed by atoms with van der Waals surface area (Å²) in [5.74, 6) is 0.00479. The maximum atomic E-state index is 13.2. The molecule has 0 aromatic heterocycles. The largest absolute Gasteiger partial charge is 0.496 e. The molecule has 0 amide bonds. The van der Waals surface area contributed by atoms with Crippen molar-refractivity contribution >= 4 is 39.4 Å². The quantitative estimate of drug-likeness (QED) is 0.734. The van der Waals surface area contributed by atoms with Gasteiger partial charge < -0.3 is 9.84 Å². The molecule has 2 aromatic carbocycles. The van der Waals surface area contributed by atoms with E-state index in [1.165, 1.54) is 23.9 Å². The Kier molecular flexibility index (Phi) is 6.19. The molecule has 1 N–H and O–H groups in total. The molecular weight excluding hydrogens is 434 g/mol. The first kappa shape index (κ1) is 22.0. The van der Waals surface area contributed by atoms with Crippen molar-refractivity contribution in [3.63, 3.8) is 0 Å². The van der Waals surface area contributed by atoms with Gasteiger partial charge in [-0.15, -0.1) is 0 Å². The molecule has 0 aliphatic carbocycles. The van der Waals surface area contributed by atoms with Gasteiger partial charge in [0.15, 0.2) is 0 Å². The molecule has 29 heavy (non-hydrogen) atoms. The number of hydrogen-bond acceptors (Lipinski definition) is 5. The summed E-state index contributed by atoms with van der Waals surface area (Å²) >= 11 is 7.55. The number of ether oxygens (including phenoxy) is 1. The van der Waals surface area contributed by atoms with Crippen LogP contribution in [-0.2, 0) is 14.8 Å². The Balaban J connectivity index is 1.99. The lowest BCUT2D eigenvalue weighted by atomic mass is 10.0. The molecule has 1 heterocycles. The Hall–Kier alpha value is -1.74. The van der Waals surface area contributed by atoms with Crippen LogP contribution in [0, 0.1) is 0 Å². The number of carbonyl (C=O) groups is 1. The van der Waals surface area contributed by atoms with Crippen LogP contribution in [0.4, 0.5) is 0 Å². The Morgan fingerprint density at radius 2 is 1.90 bits per heavy atom. The molecule has 9 heteroatoms. The number of halogens is 1. The number of benzene rings is 2. The van der Waals surface area contributed by atoms with Crippen molar-refractivity contribution in [2.24, 2.45) is 0 Å². The van der Waals surface area contributed by atoms with E-state index in [-0.39, 0.29) is 11.4 Å². The summed E-state index contributed by atoms with van der Waals surface area (Å²) in [5, 5.41) is 10.2. The summed E-state index contributed by atoms with van der Waals surface area (Å²) in [6, 6.07) is 10.4. The van der Waals surface area contributed by atoms with Gasteiger partial charge in [0.05, 0.1) is 12.0 Å². The predicted octanol–water partition coefficient (Wildman–Crippen LogP) is 3.98. The van der Waals surface area contributed by atoms with Gasteiger partial charge in [-0.05, 0) is 49.7 Å². The van der Waals surface area contributed by atoms with Gasteiger partial charge in [0.25, 0.3) is 0 Å². The Labute approximate surface area is 179 Å². The molecular formula is C20H22ClNO5S2. The highest BCUT2D eigenvalue weighted by molar-refractivity contribution is 8.00. The van der Waals surface area contributed by atoms with Crippen LogP contribution in [-0.4, -0.2) is 54.0 Å². The molecule has 3 rings (SSSR count). The van der Waals surface area contributed by atoms with Crippen LogP contribution in [0.25, 0.3) is 11.1 Å². The normalized spacial score (nSPS) is 19.7. The van der Waals surface area contributed by atoms with Gasteiger partial charge in [-0.2, -0.15) is 16.1 Å². The molecule has 2 aromatic rings. The summed E-state index contributed by atoms with van der Waals surface area (Å²) in [5.41, 5.74) is 1.48. The lowest BCUT2D eigenvalue weighted by Gasteiger charge is -2.42. The van der Waals surface area contributed by atoms with Crippen LogP contribution >= 0.6 is 23.4 Å². The van der Waals surface area contributed by atoms with Crippen molar-refractivity contribution in [3.05, 3.63) is 47.5 Å². The second-order valence-electron chi connectivity index (χ2n) is 7.18. The second kappa shape index (κ2) is 8.18. The number of nitrogens with zero attached hydrogens (tertiary/aromatic N) is 1. The van der Waals surface area contributed by atoms with E-state index >= 15 is 0 Å².